The zero-order chi connectivity index (χ0) is 15.1. The van der Waals surface area contributed by atoms with Gasteiger partial charge in [-0.05, 0) is 62.3 Å². The van der Waals surface area contributed by atoms with Crippen molar-refractivity contribution in [3.8, 4) is 0 Å². The second kappa shape index (κ2) is 5.43. The van der Waals surface area contributed by atoms with E-state index in [1.807, 2.05) is 6.92 Å². The van der Waals surface area contributed by atoms with Crippen molar-refractivity contribution in [3.05, 3.63) is 27.8 Å². The first kappa shape index (κ1) is 13.8. The maximum Gasteiger partial charge on any atom is 0.251 e. The molecule has 0 amide bonds. The molecule has 2 aliphatic heterocycles. The molecule has 2 aliphatic rings. The molecule has 0 N–H and O–H groups in total. The third kappa shape index (κ3) is 2.31. The van der Waals surface area contributed by atoms with Crippen LogP contribution in [0.2, 0.25) is 0 Å². The van der Waals surface area contributed by atoms with E-state index in [0.29, 0.717) is 5.13 Å². The molecule has 1 aromatic heterocycles. The molecule has 114 valence electrons. The van der Waals surface area contributed by atoms with Crippen LogP contribution in [-0.4, -0.2) is 23.3 Å². The second-order valence-corrected chi connectivity index (χ2v) is 7.16. The average molecular weight is 313 g/mol. The summed E-state index contributed by atoms with van der Waals surface area (Å²) in [5, 5.41) is 18.3. The third-order valence-electron chi connectivity index (χ3n) is 4.54. The fourth-order valence-electron chi connectivity index (χ4n) is 3.53. The number of nitrogens with zero attached hydrogens (tertiary/aromatic N) is 5. The van der Waals surface area contributed by atoms with Gasteiger partial charge < -0.3 is 4.90 Å². The number of anilines is 1. The molecule has 2 aromatic rings. The Hall–Kier alpha value is -1.82. The normalized spacial score (nSPS) is 17.1. The molecule has 22 heavy (non-hydrogen) atoms. The van der Waals surface area contributed by atoms with E-state index >= 15 is 0 Å². The predicted molar refractivity (Wildman–Crippen MR) is 88.9 cm³/mol. The fourth-order valence-corrected chi connectivity index (χ4v) is 4.04. The topological polar surface area (TPSA) is 53.7 Å². The predicted octanol–water partition coefficient (Wildman–Crippen LogP) is 4.27. The summed E-state index contributed by atoms with van der Waals surface area (Å²) in [6.07, 6.45) is 4.79. The molecular formula is C16H19N5S. The van der Waals surface area contributed by atoms with Crippen molar-refractivity contribution < 1.29 is 0 Å². The SMILES string of the molecule is Cc1nnc(N=Nc2cc3c4c(c2C)CCCN4CCC3)s1. The van der Waals surface area contributed by atoms with Crippen LogP contribution in [0.15, 0.2) is 16.3 Å². The Balaban J connectivity index is 1.76. The number of hydrogen-bond donors (Lipinski definition) is 0. The minimum absolute atomic E-state index is 0.630. The average Bonchev–Trinajstić information content (AvgIpc) is 2.95. The maximum absolute atomic E-state index is 4.47. The largest absolute Gasteiger partial charge is 0.371 e. The molecule has 5 nitrogen and oxygen atoms in total. The zero-order valence-electron chi connectivity index (χ0n) is 13.0. The highest BCUT2D eigenvalue weighted by molar-refractivity contribution is 7.14. The summed E-state index contributed by atoms with van der Waals surface area (Å²) in [4.78, 5) is 2.56. The van der Waals surface area contributed by atoms with Crippen molar-refractivity contribution in [1.29, 1.82) is 0 Å². The van der Waals surface area contributed by atoms with Crippen molar-refractivity contribution in [2.75, 3.05) is 18.0 Å². The van der Waals surface area contributed by atoms with Gasteiger partial charge in [0.05, 0.1) is 5.69 Å². The van der Waals surface area contributed by atoms with Gasteiger partial charge in [-0.25, -0.2) is 0 Å². The smallest absolute Gasteiger partial charge is 0.251 e. The number of aryl methyl sites for hydroxylation is 2. The Labute approximate surface area is 134 Å². The van der Waals surface area contributed by atoms with Crippen LogP contribution in [0.3, 0.4) is 0 Å². The summed E-state index contributed by atoms with van der Waals surface area (Å²) in [5.74, 6) is 0. The second-order valence-electron chi connectivity index (χ2n) is 6.00. The summed E-state index contributed by atoms with van der Waals surface area (Å²) in [6, 6.07) is 2.23. The highest BCUT2D eigenvalue weighted by Gasteiger charge is 2.26. The first-order chi connectivity index (χ1) is 10.7. The third-order valence-corrected chi connectivity index (χ3v) is 5.26. The van der Waals surface area contributed by atoms with Gasteiger partial charge in [0.25, 0.3) is 5.13 Å². The van der Waals surface area contributed by atoms with Gasteiger partial charge in [0, 0.05) is 18.8 Å². The maximum atomic E-state index is 4.47. The Bertz CT molecular complexity index is 747. The van der Waals surface area contributed by atoms with Crippen LogP contribution in [-0.2, 0) is 12.8 Å². The molecular weight excluding hydrogens is 294 g/mol. The lowest BCUT2D eigenvalue weighted by atomic mass is 9.88. The Morgan fingerprint density at radius 1 is 1.09 bits per heavy atom. The van der Waals surface area contributed by atoms with E-state index in [0.717, 1.165) is 23.5 Å². The molecule has 0 aliphatic carbocycles. The number of benzene rings is 1. The van der Waals surface area contributed by atoms with E-state index in [-0.39, 0.29) is 0 Å². The van der Waals surface area contributed by atoms with Crippen molar-refractivity contribution in [3.63, 3.8) is 0 Å². The summed E-state index contributed by atoms with van der Waals surface area (Å²) >= 11 is 1.47. The summed E-state index contributed by atoms with van der Waals surface area (Å²) in [7, 11) is 0. The number of aromatic nitrogens is 2. The molecule has 1 aromatic carbocycles. The Kier molecular flexibility index (Phi) is 3.41. The van der Waals surface area contributed by atoms with Crippen molar-refractivity contribution in [1.82, 2.24) is 10.2 Å². The van der Waals surface area contributed by atoms with Gasteiger partial charge in [-0.15, -0.1) is 20.4 Å². The van der Waals surface area contributed by atoms with Gasteiger partial charge in [0.15, 0.2) is 0 Å². The van der Waals surface area contributed by atoms with Gasteiger partial charge >= 0.3 is 0 Å². The molecule has 0 spiro atoms. The van der Waals surface area contributed by atoms with Crippen molar-refractivity contribution >= 4 is 27.8 Å². The summed E-state index contributed by atoms with van der Waals surface area (Å²) < 4.78 is 0. The molecule has 0 fully saturated rings. The van der Waals surface area contributed by atoms with Crippen molar-refractivity contribution in [2.45, 2.75) is 39.5 Å². The molecule has 0 atom stereocenters. The Morgan fingerprint density at radius 2 is 1.91 bits per heavy atom. The minimum atomic E-state index is 0.630. The van der Waals surface area contributed by atoms with Crippen LogP contribution in [0.4, 0.5) is 16.5 Å². The van der Waals surface area contributed by atoms with Gasteiger partial charge in [-0.3, -0.25) is 0 Å². The first-order valence-corrected chi connectivity index (χ1v) is 8.66. The van der Waals surface area contributed by atoms with Crippen LogP contribution < -0.4 is 4.90 Å². The van der Waals surface area contributed by atoms with Crippen LogP contribution in [0.5, 0.6) is 0 Å². The summed E-state index contributed by atoms with van der Waals surface area (Å²) in [6.45, 7) is 6.50. The van der Waals surface area contributed by atoms with E-state index in [9.17, 15) is 0 Å². The van der Waals surface area contributed by atoms with Crippen LogP contribution in [0, 0.1) is 13.8 Å². The minimum Gasteiger partial charge on any atom is -0.371 e. The number of azo groups is 1. The molecule has 3 heterocycles. The van der Waals surface area contributed by atoms with Crippen LogP contribution in [0.25, 0.3) is 0 Å². The molecule has 0 saturated heterocycles. The van der Waals surface area contributed by atoms with E-state index in [2.05, 4.69) is 38.3 Å². The molecule has 6 heteroatoms. The molecule has 0 saturated carbocycles. The van der Waals surface area contributed by atoms with Gasteiger partial charge in [0.1, 0.15) is 5.01 Å². The van der Waals surface area contributed by atoms with Crippen LogP contribution >= 0.6 is 11.3 Å². The molecule has 0 bridgehead atoms. The fraction of sp³-hybridized carbons (Fsp3) is 0.500. The van der Waals surface area contributed by atoms with Crippen molar-refractivity contribution in [2.24, 2.45) is 10.2 Å². The van der Waals surface area contributed by atoms with Gasteiger partial charge in [0.2, 0.25) is 0 Å². The standard InChI is InChI=1S/C16H19N5S/c1-10-13-6-4-8-21-7-3-5-12(15(13)21)9-14(10)18-20-16-19-17-11(2)22-16/h9H,3-8H2,1-2H3. The first-order valence-electron chi connectivity index (χ1n) is 7.84. The van der Waals surface area contributed by atoms with E-state index < -0.39 is 0 Å². The lowest BCUT2D eigenvalue weighted by Gasteiger charge is -2.37. The number of hydrogen-bond acceptors (Lipinski definition) is 6. The summed E-state index contributed by atoms with van der Waals surface area (Å²) in [5.41, 5.74) is 6.67. The van der Waals surface area contributed by atoms with Gasteiger partial charge in [-0.2, -0.15) is 0 Å². The number of rotatable bonds is 2. The lowest BCUT2D eigenvalue weighted by molar-refractivity contribution is 0.632. The quantitative estimate of drug-likeness (QED) is 0.778. The van der Waals surface area contributed by atoms with E-state index in [1.54, 1.807) is 0 Å². The zero-order valence-corrected chi connectivity index (χ0v) is 13.8. The monoisotopic (exact) mass is 313 g/mol. The highest BCUT2D eigenvalue weighted by atomic mass is 32.1. The van der Waals surface area contributed by atoms with Gasteiger partial charge in [-0.1, -0.05) is 11.3 Å². The molecule has 0 radical (unpaired) electrons. The highest BCUT2D eigenvalue weighted by Crippen LogP contribution is 2.41. The lowest BCUT2D eigenvalue weighted by Crippen LogP contribution is -2.34. The van der Waals surface area contributed by atoms with E-state index in [4.69, 9.17) is 0 Å². The van der Waals surface area contributed by atoms with Crippen LogP contribution in [0.1, 0.15) is 34.5 Å². The molecule has 4 rings (SSSR count). The van der Waals surface area contributed by atoms with E-state index in [1.165, 1.54) is 59.6 Å². The molecule has 0 unspecified atom stereocenters. The Morgan fingerprint density at radius 3 is 2.68 bits per heavy atom.